The SMILES string of the molecule is COc1ccc(C(NC(=O)CSc2nnnn2C)C(C)C)cc1. The summed E-state index contributed by atoms with van der Waals surface area (Å²) >= 11 is 1.31. The van der Waals surface area contributed by atoms with Crippen LogP contribution in [0.1, 0.15) is 25.5 Å². The number of amides is 1. The molecule has 0 fully saturated rings. The van der Waals surface area contributed by atoms with E-state index in [9.17, 15) is 4.79 Å². The minimum absolute atomic E-state index is 0.0486. The molecular weight excluding hydrogens is 314 g/mol. The number of aryl methyl sites for hydroxylation is 1. The summed E-state index contributed by atoms with van der Waals surface area (Å²) in [6.07, 6.45) is 0. The summed E-state index contributed by atoms with van der Waals surface area (Å²) in [4.78, 5) is 12.2. The molecule has 0 bridgehead atoms. The number of rotatable bonds is 7. The van der Waals surface area contributed by atoms with E-state index in [1.807, 2.05) is 24.3 Å². The van der Waals surface area contributed by atoms with Crippen molar-refractivity contribution >= 4 is 17.7 Å². The van der Waals surface area contributed by atoms with Gasteiger partial charge >= 0.3 is 0 Å². The van der Waals surface area contributed by atoms with Crippen LogP contribution in [0, 0.1) is 5.92 Å². The fourth-order valence-corrected chi connectivity index (χ4v) is 2.80. The number of nitrogens with zero attached hydrogens (tertiary/aromatic N) is 4. The van der Waals surface area contributed by atoms with Gasteiger partial charge in [-0.3, -0.25) is 4.79 Å². The zero-order valence-corrected chi connectivity index (χ0v) is 14.5. The van der Waals surface area contributed by atoms with Gasteiger partial charge in [-0.05, 0) is 34.0 Å². The van der Waals surface area contributed by atoms with Crippen LogP contribution in [0.5, 0.6) is 5.75 Å². The van der Waals surface area contributed by atoms with Crippen LogP contribution >= 0.6 is 11.8 Å². The van der Waals surface area contributed by atoms with Crippen molar-refractivity contribution < 1.29 is 9.53 Å². The van der Waals surface area contributed by atoms with Crippen LogP contribution in [0.25, 0.3) is 0 Å². The smallest absolute Gasteiger partial charge is 0.230 e. The number of methoxy groups -OCH3 is 1. The number of tetrazole rings is 1. The van der Waals surface area contributed by atoms with Crippen LogP contribution in [0.3, 0.4) is 0 Å². The maximum absolute atomic E-state index is 12.2. The van der Waals surface area contributed by atoms with Crippen LogP contribution in [0.2, 0.25) is 0 Å². The summed E-state index contributed by atoms with van der Waals surface area (Å²) < 4.78 is 6.71. The first-order valence-electron chi connectivity index (χ1n) is 7.29. The molecule has 0 aliphatic heterocycles. The van der Waals surface area contributed by atoms with Crippen molar-refractivity contribution in [2.75, 3.05) is 12.9 Å². The van der Waals surface area contributed by atoms with Gasteiger partial charge < -0.3 is 10.1 Å². The van der Waals surface area contributed by atoms with Crippen molar-refractivity contribution in [2.45, 2.75) is 25.0 Å². The Kier molecular flexibility index (Phi) is 5.97. The maximum Gasteiger partial charge on any atom is 0.230 e. The molecule has 7 nitrogen and oxygen atoms in total. The van der Waals surface area contributed by atoms with Gasteiger partial charge in [-0.1, -0.05) is 37.7 Å². The third kappa shape index (κ3) is 4.69. The van der Waals surface area contributed by atoms with E-state index in [1.165, 1.54) is 11.8 Å². The quantitative estimate of drug-likeness (QED) is 0.777. The average molecular weight is 335 g/mol. The van der Waals surface area contributed by atoms with Crippen molar-refractivity contribution in [2.24, 2.45) is 13.0 Å². The van der Waals surface area contributed by atoms with Gasteiger partial charge in [0.2, 0.25) is 11.1 Å². The summed E-state index contributed by atoms with van der Waals surface area (Å²) in [6, 6.07) is 7.70. The summed E-state index contributed by atoms with van der Waals surface area (Å²) in [5.41, 5.74) is 1.06. The Morgan fingerprint density at radius 1 is 1.35 bits per heavy atom. The van der Waals surface area contributed by atoms with E-state index in [-0.39, 0.29) is 23.6 Å². The molecule has 1 unspecified atom stereocenters. The lowest BCUT2D eigenvalue weighted by Gasteiger charge is -2.23. The van der Waals surface area contributed by atoms with Crippen molar-refractivity contribution in [1.82, 2.24) is 25.5 Å². The lowest BCUT2D eigenvalue weighted by atomic mass is 9.96. The number of hydrogen-bond acceptors (Lipinski definition) is 6. The Morgan fingerprint density at radius 2 is 2.04 bits per heavy atom. The van der Waals surface area contributed by atoms with E-state index in [0.29, 0.717) is 5.16 Å². The van der Waals surface area contributed by atoms with Gasteiger partial charge in [0.15, 0.2) is 0 Å². The predicted molar refractivity (Wildman–Crippen MR) is 88.2 cm³/mol. The number of aromatic nitrogens is 4. The highest BCUT2D eigenvalue weighted by Gasteiger charge is 2.19. The molecule has 8 heteroatoms. The minimum Gasteiger partial charge on any atom is -0.497 e. The molecule has 2 rings (SSSR count). The number of nitrogens with one attached hydrogen (secondary N) is 1. The van der Waals surface area contributed by atoms with Gasteiger partial charge in [0.25, 0.3) is 0 Å². The first-order chi connectivity index (χ1) is 11.0. The van der Waals surface area contributed by atoms with Gasteiger partial charge in [-0.15, -0.1) is 5.10 Å². The third-order valence-corrected chi connectivity index (χ3v) is 4.38. The molecule has 1 aromatic carbocycles. The highest BCUT2D eigenvalue weighted by molar-refractivity contribution is 7.99. The molecule has 1 amide bonds. The average Bonchev–Trinajstić information content (AvgIpc) is 2.95. The molecule has 1 N–H and O–H groups in total. The Bertz CT molecular complexity index is 642. The summed E-state index contributed by atoms with van der Waals surface area (Å²) in [5.74, 6) is 1.29. The Hall–Kier alpha value is -2.09. The van der Waals surface area contributed by atoms with Crippen LogP contribution < -0.4 is 10.1 Å². The van der Waals surface area contributed by atoms with Crippen molar-refractivity contribution in [1.29, 1.82) is 0 Å². The summed E-state index contributed by atoms with van der Waals surface area (Å²) in [5, 5.41) is 14.8. The summed E-state index contributed by atoms with van der Waals surface area (Å²) in [7, 11) is 3.38. The van der Waals surface area contributed by atoms with Crippen LogP contribution in [0.4, 0.5) is 0 Å². The van der Waals surface area contributed by atoms with Crippen molar-refractivity contribution in [3.05, 3.63) is 29.8 Å². The molecule has 124 valence electrons. The third-order valence-electron chi connectivity index (χ3n) is 3.37. The molecule has 0 aliphatic rings. The number of carbonyl (C=O) groups is 1. The number of carbonyl (C=O) groups excluding carboxylic acids is 1. The molecular formula is C15H21N5O2S. The second kappa shape index (κ2) is 7.96. The Balaban J connectivity index is 1.98. The first kappa shape index (κ1) is 17.3. The second-order valence-electron chi connectivity index (χ2n) is 5.44. The van der Waals surface area contributed by atoms with Crippen LogP contribution in [-0.4, -0.2) is 39.0 Å². The highest BCUT2D eigenvalue weighted by atomic mass is 32.2. The number of thioether (sulfide) groups is 1. The fourth-order valence-electron chi connectivity index (χ4n) is 2.13. The molecule has 1 aromatic heterocycles. The number of hydrogen-bond donors (Lipinski definition) is 1. The summed E-state index contributed by atoms with van der Waals surface area (Å²) in [6.45, 7) is 4.16. The number of benzene rings is 1. The molecule has 1 heterocycles. The second-order valence-corrected chi connectivity index (χ2v) is 6.38. The highest BCUT2D eigenvalue weighted by Crippen LogP contribution is 2.24. The van der Waals surface area contributed by atoms with Gasteiger partial charge in [0.05, 0.1) is 18.9 Å². The molecule has 23 heavy (non-hydrogen) atoms. The predicted octanol–water partition coefficient (Wildman–Crippen LogP) is 1.82. The van der Waals surface area contributed by atoms with Gasteiger partial charge in [-0.25, -0.2) is 4.68 Å². The monoisotopic (exact) mass is 335 g/mol. The molecule has 0 radical (unpaired) electrons. The first-order valence-corrected chi connectivity index (χ1v) is 8.28. The normalized spacial score (nSPS) is 12.2. The molecule has 0 saturated heterocycles. The van der Waals surface area contributed by atoms with E-state index in [2.05, 4.69) is 34.7 Å². The van der Waals surface area contributed by atoms with Gasteiger partial charge in [0, 0.05) is 7.05 Å². The topological polar surface area (TPSA) is 81.9 Å². The van der Waals surface area contributed by atoms with E-state index >= 15 is 0 Å². The molecule has 1 atom stereocenters. The lowest BCUT2D eigenvalue weighted by Crippen LogP contribution is -2.33. The fraction of sp³-hybridized carbons (Fsp3) is 0.467. The maximum atomic E-state index is 12.2. The van der Waals surface area contributed by atoms with E-state index in [1.54, 1.807) is 18.8 Å². The van der Waals surface area contributed by atoms with E-state index < -0.39 is 0 Å². The van der Waals surface area contributed by atoms with Crippen LogP contribution in [-0.2, 0) is 11.8 Å². The standard InChI is InChI=1S/C15H21N5O2S/c1-10(2)14(11-5-7-12(22-4)8-6-11)16-13(21)9-23-15-17-18-19-20(15)3/h5-8,10,14H,9H2,1-4H3,(H,16,21). The van der Waals surface area contributed by atoms with E-state index in [0.717, 1.165) is 11.3 Å². The molecule has 0 saturated carbocycles. The van der Waals surface area contributed by atoms with E-state index in [4.69, 9.17) is 4.74 Å². The lowest BCUT2D eigenvalue weighted by molar-refractivity contribution is -0.119. The minimum atomic E-state index is -0.0494. The van der Waals surface area contributed by atoms with Crippen molar-refractivity contribution in [3.8, 4) is 5.75 Å². The van der Waals surface area contributed by atoms with Crippen molar-refractivity contribution in [3.63, 3.8) is 0 Å². The zero-order valence-electron chi connectivity index (χ0n) is 13.7. The Labute approximate surface area is 139 Å². The molecule has 0 spiro atoms. The van der Waals surface area contributed by atoms with Gasteiger partial charge in [-0.2, -0.15) is 0 Å². The molecule has 2 aromatic rings. The molecule has 0 aliphatic carbocycles. The van der Waals surface area contributed by atoms with Crippen LogP contribution in [0.15, 0.2) is 29.4 Å². The number of ether oxygens (including phenoxy) is 1. The Morgan fingerprint density at radius 3 is 2.57 bits per heavy atom. The zero-order chi connectivity index (χ0) is 16.8. The largest absolute Gasteiger partial charge is 0.497 e. The van der Waals surface area contributed by atoms with Gasteiger partial charge in [0.1, 0.15) is 5.75 Å².